The molecular weight excluding hydrogens is 346 g/mol. The Morgan fingerprint density at radius 3 is 2.43 bits per heavy atom. The van der Waals surface area contributed by atoms with Gasteiger partial charge in [0.25, 0.3) is 0 Å². The summed E-state index contributed by atoms with van der Waals surface area (Å²) in [4.78, 5) is 8.76. The molecule has 0 amide bonds. The van der Waals surface area contributed by atoms with Crippen molar-refractivity contribution in [1.82, 2.24) is 9.97 Å². The SMILES string of the molecule is OC/C=C/c1ccc2ncnc(Nc3ccc(Cc4ccccc4)cc3)c2c1. The summed E-state index contributed by atoms with van der Waals surface area (Å²) in [6.45, 7) is 0.0176. The molecule has 1 aromatic heterocycles. The number of aliphatic hydroxyl groups excluding tert-OH is 1. The van der Waals surface area contributed by atoms with Gasteiger partial charge in [0.1, 0.15) is 12.1 Å². The van der Waals surface area contributed by atoms with Gasteiger partial charge in [0.05, 0.1) is 12.1 Å². The molecule has 138 valence electrons. The Kier molecular flexibility index (Phi) is 5.41. The van der Waals surface area contributed by atoms with Crippen molar-refractivity contribution in [2.45, 2.75) is 6.42 Å². The molecule has 4 heteroatoms. The molecule has 0 fully saturated rings. The number of aromatic nitrogens is 2. The van der Waals surface area contributed by atoms with Crippen LogP contribution in [0.1, 0.15) is 16.7 Å². The van der Waals surface area contributed by atoms with Crippen LogP contribution in [-0.4, -0.2) is 21.7 Å². The van der Waals surface area contributed by atoms with Crippen LogP contribution < -0.4 is 5.32 Å². The van der Waals surface area contributed by atoms with Gasteiger partial charge < -0.3 is 10.4 Å². The Morgan fingerprint density at radius 2 is 1.64 bits per heavy atom. The highest BCUT2D eigenvalue weighted by Crippen LogP contribution is 2.25. The van der Waals surface area contributed by atoms with Gasteiger partial charge in [-0.3, -0.25) is 0 Å². The standard InChI is InChI=1S/C24H21N3O/c28-14-4-7-19-10-13-23-22(16-19)24(26-17-25-23)27-21-11-8-20(9-12-21)15-18-5-2-1-3-6-18/h1-13,16-17,28H,14-15H2,(H,25,26,27)/b7-4+. The summed E-state index contributed by atoms with van der Waals surface area (Å²) in [5.74, 6) is 0.764. The normalized spacial score (nSPS) is 11.2. The molecule has 0 spiro atoms. The monoisotopic (exact) mass is 367 g/mol. The number of nitrogens with one attached hydrogen (secondary N) is 1. The number of hydrogen-bond acceptors (Lipinski definition) is 4. The molecule has 0 unspecified atom stereocenters. The molecule has 0 atom stereocenters. The van der Waals surface area contributed by atoms with Gasteiger partial charge in [0.15, 0.2) is 0 Å². The first-order valence-corrected chi connectivity index (χ1v) is 9.24. The lowest BCUT2D eigenvalue weighted by atomic mass is 10.0. The molecule has 0 aliphatic rings. The summed E-state index contributed by atoms with van der Waals surface area (Å²) in [5.41, 5.74) is 5.42. The summed E-state index contributed by atoms with van der Waals surface area (Å²) >= 11 is 0. The van der Waals surface area contributed by atoms with Gasteiger partial charge in [-0.1, -0.05) is 60.7 Å². The van der Waals surface area contributed by atoms with Crippen molar-refractivity contribution >= 4 is 28.5 Å². The summed E-state index contributed by atoms with van der Waals surface area (Å²) in [7, 11) is 0. The first kappa shape index (κ1) is 17.9. The molecule has 4 rings (SSSR count). The van der Waals surface area contributed by atoms with Crippen molar-refractivity contribution in [1.29, 1.82) is 0 Å². The van der Waals surface area contributed by atoms with E-state index < -0.39 is 0 Å². The largest absolute Gasteiger partial charge is 0.392 e. The molecule has 0 saturated carbocycles. The Labute approximate surface area is 164 Å². The number of aliphatic hydroxyl groups is 1. The van der Waals surface area contributed by atoms with Crippen LogP contribution in [0.25, 0.3) is 17.0 Å². The van der Waals surface area contributed by atoms with E-state index in [4.69, 9.17) is 5.11 Å². The first-order valence-electron chi connectivity index (χ1n) is 9.24. The van der Waals surface area contributed by atoms with Crippen LogP contribution >= 0.6 is 0 Å². The van der Waals surface area contributed by atoms with E-state index in [1.807, 2.05) is 30.3 Å². The van der Waals surface area contributed by atoms with Gasteiger partial charge in [-0.15, -0.1) is 0 Å². The Morgan fingerprint density at radius 1 is 0.857 bits per heavy atom. The van der Waals surface area contributed by atoms with Crippen LogP contribution in [0.5, 0.6) is 0 Å². The highest BCUT2D eigenvalue weighted by molar-refractivity contribution is 5.92. The van der Waals surface area contributed by atoms with E-state index in [1.165, 1.54) is 11.1 Å². The lowest BCUT2D eigenvalue weighted by molar-refractivity contribution is 0.343. The fourth-order valence-electron chi connectivity index (χ4n) is 3.14. The molecule has 0 aliphatic heterocycles. The van der Waals surface area contributed by atoms with Gasteiger partial charge in [-0.05, 0) is 47.4 Å². The molecule has 0 aliphatic carbocycles. The lowest BCUT2D eigenvalue weighted by Crippen LogP contribution is -1.97. The topological polar surface area (TPSA) is 58.0 Å². The first-order chi connectivity index (χ1) is 13.8. The number of hydrogen-bond donors (Lipinski definition) is 2. The van der Waals surface area contributed by atoms with Gasteiger partial charge in [-0.25, -0.2) is 9.97 Å². The van der Waals surface area contributed by atoms with E-state index in [0.29, 0.717) is 0 Å². The second-order valence-corrected chi connectivity index (χ2v) is 6.57. The molecular formula is C24H21N3O. The van der Waals surface area contributed by atoms with Crippen LogP contribution in [0.2, 0.25) is 0 Å². The molecule has 0 saturated heterocycles. The number of benzene rings is 3. The molecule has 28 heavy (non-hydrogen) atoms. The van der Waals surface area contributed by atoms with Crippen molar-refractivity contribution in [3.63, 3.8) is 0 Å². The number of rotatable bonds is 6. The zero-order valence-electron chi connectivity index (χ0n) is 15.4. The highest BCUT2D eigenvalue weighted by Gasteiger charge is 2.05. The zero-order valence-corrected chi connectivity index (χ0v) is 15.4. The third-order valence-corrected chi connectivity index (χ3v) is 4.54. The average molecular weight is 367 g/mol. The van der Waals surface area contributed by atoms with Crippen molar-refractivity contribution in [2.75, 3.05) is 11.9 Å². The van der Waals surface area contributed by atoms with E-state index in [-0.39, 0.29) is 6.61 Å². The molecule has 0 bridgehead atoms. The van der Waals surface area contributed by atoms with Gasteiger partial charge in [0.2, 0.25) is 0 Å². The van der Waals surface area contributed by atoms with E-state index in [0.717, 1.165) is 34.4 Å². The minimum atomic E-state index is 0.0176. The molecule has 4 nitrogen and oxygen atoms in total. The van der Waals surface area contributed by atoms with E-state index >= 15 is 0 Å². The minimum absolute atomic E-state index is 0.0176. The molecule has 1 heterocycles. The number of anilines is 2. The maximum Gasteiger partial charge on any atom is 0.141 e. The van der Waals surface area contributed by atoms with Crippen LogP contribution in [0.15, 0.2) is 85.2 Å². The lowest BCUT2D eigenvalue weighted by Gasteiger charge is -2.10. The van der Waals surface area contributed by atoms with Gasteiger partial charge in [-0.2, -0.15) is 0 Å². The van der Waals surface area contributed by atoms with Crippen molar-refractivity contribution < 1.29 is 5.11 Å². The summed E-state index contributed by atoms with van der Waals surface area (Å²) in [6.07, 6.45) is 6.08. The molecule has 2 N–H and O–H groups in total. The van der Waals surface area contributed by atoms with Crippen molar-refractivity contribution in [2.24, 2.45) is 0 Å². The van der Waals surface area contributed by atoms with Gasteiger partial charge in [0, 0.05) is 11.1 Å². The predicted molar refractivity (Wildman–Crippen MR) is 115 cm³/mol. The average Bonchev–Trinajstić information content (AvgIpc) is 2.75. The van der Waals surface area contributed by atoms with Crippen LogP contribution in [0.4, 0.5) is 11.5 Å². The Hall–Kier alpha value is -3.50. The summed E-state index contributed by atoms with van der Waals surface area (Å²) < 4.78 is 0. The number of nitrogens with zero attached hydrogens (tertiary/aromatic N) is 2. The zero-order chi connectivity index (χ0) is 19.2. The van der Waals surface area contributed by atoms with Crippen LogP contribution in [0.3, 0.4) is 0 Å². The third kappa shape index (κ3) is 4.24. The quantitative estimate of drug-likeness (QED) is 0.505. The van der Waals surface area contributed by atoms with Gasteiger partial charge >= 0.3 is 0 Å². The Bertz CT molecular complexity index is 1090. The second kappa shape index (κ2) is 8.46. The van der Waals surface area contributed by atoms with Crippen LogP contribution in [0, 0.1) is 0 Å². The highest BCUT2D eigenvalue weighted by atomic mass is 16.2. The van der Waals surface area contributed by atoms with Crippen molar-refractivity contribution in [3.8, 4) is 0 Å². The van der Waals surface area contributed by atoms with Crippen molar-refractivity contribution in [3.05, 3.63) is 102 Å². The maximum absolute atomic E-state index is 8.98. The predicted octanol–water partition coefficient (Wildman–Crippen LogP) is 4.97. The minimum Gasteiger partial charge on any atom is -0.392 e. The third-order valence-electron chi connectivity index (χ3n) is 4.54. The Balaban J connectivity index is 1.56. The van der Waals surface area contributed by atoms with E-state index in [9.17, 15) is 0 Å². The van der Waals surface area contributed by atoms with Crippen LogP contribution in [-0.2, 0) is 6.42 Å². The summed E-state index contributed by atoms with van der Waals surface area (Å²) in [6, 6.07) is 24.8. The van der Waals surface area contributed by atoms with E-state index in [1.54, 1.807) is 12.4 Å². The molecule has 4 aromatic rings. The number of fused-ring (bicyclic) bond motifs is 1. The molecule has 3 aromatic carbocycles. The smallest absolute Gasteiger partial charge is 0.141 e. The summed E-state index contributed by atoms with van der Waals surface area (Å²) in [5, 5.41) is 13.3. The fraction of sp³-hybridized carbons (Fsp3) is 0.0833. The molecule has 0 radical (unpaired) electrons. The maximum atomic E-state index is 8.98. The second-order valence-electron chi connectivity index (χ2n) is 6.57. The van der Waals surface area contributed by atoms with E-state index in [2.05, 4.69) is 63.8 Å². The fourth-order valence-corrected chi connectivity index (χ4v) is 3.14.